The van der Waals surface area contributed by atoms with Gasteiger partial charge in [0.15, 0.2) is 5.82 Å². The quantitative estimate of drug-likeness (QED) is 0.830. The first kappa shape index (κ1) is 15.0. The summed E-state index contributed by atoms with van der Waals surface area (Å²) in [5.41, 5.74) is 2.34. The van der Waals surface area contributed by atoms with Crippen molar-refractivity contribution in [3.63, 3.8) is 0 Å². The summed E-state index contributed by atoms with van der Waals surface area (Å²) in [5, 5.41) is 4.24. The highest BCUT2D eigenvalue weighted by molar-refractivity contribution is 9.10. The van der Waals surface area contributed by atoms with Gasteiger partial charge in [-0.15, -0.1) is 0 Å². The first-order valence-electron chi connectivity index (χ1n) is 6.73. The molecular weight excluding hydrogens is 318 g/mol. The third-order valence-electron chi connectivity index (χ3n) is 3.01. The molecule has 0 saturated carbocycles. The third kappa shape index (κ3) is 3.60. The van der Waals surface area contributed by atoms with Crippen molar-refractivity contribution in [3.8, 4) is 5.75 Å². The van der Waals surface area contributed by atoms with Crippen LogP contribution in [-0.4, -0.2) is 14.8 Å². The number of ether oxygens (including phenoxy) is 1. The monoisotopic (exact) mass is 337 g/mol. The van der Waals surface area contributed by atoms with E-state index in [1.807, 2.05) is 16.8 Å². The standard InChI is InChI=1S/C15H20BrN3O/c1-10(2)7-19-14(17-9-18-19)8-20-13-5-11(3)15(16)12(4)6-13/h5-6,9-10H,7-8H2,1-4H3. The first-order valence-corrected chi connectivity index (χ1v) is 7.53. The minimum atomic E-state index is 0.438. The minimum absolute atomic E-state index is 0.438. The molecule has 0 saturated heterocycles. The van der Waals surface area contributed by atoms with Crippen molar-refractivity contribution in [1.82, 2.24) is 14.8 Å². The van der Waals surface area contributed by atoms with Gasteiger partial charge in [0.25, 0.3) is 0 Å². The molecular formula is C15H20BrN3O. The molecule has 0 N–H and O–H groups in total. The predicted octanol–water partition coefficient (Wildman–Crippen LogP) is 3.89. The maximum absolute atomic E-state index is 5.85. The summed E-state index contributed by atoms with van der Waals surface area (Å²) in [6.07, 6.45) is 1.58. The smallest absolute Gasteiger partial charge is 0.164 e. The van der Waals surface area contributed by atoms with Crippen molar-refractivity contribution in [2.24, 2.45) is 5.92 Å². The molecule has 2 rings (SSSR count). The Kier molecular flexibility index (Phi) is 4.81. The summed E-state index contributed by atoms with van der Waals surface area (Å²) < 4.78 is 8.88. The summed E-state index contributed by atoms with van der Waals surface area (Å²) in [6.45, 7) is 9.74. The second-order valence-electron chi connectivity index (χ2n) is 5.41. The highest BCUT2D eigenvalue weighted by Gasteiger charge is 2.08. The predicted molar refractivity (Wildman–Crippen MR) is 82.8 cm³/mol. The van der Waals surface area contributed by atoms with E-state index >= 15 is 0 Å². The Bertz CT molecular complexity index is 570. The summed E-state index contributed by atoms with van der Waals surface area (Å²) in [7, 11) is 0. The number of aromatic nitrogens is 3. The van der Waals surface area contributed by atoms with Crippen LogP contribution in [-0.2, 0) is 13.2 Å². The van der Waals surface area contributed by atoms with E-state index in [4.69, 9.17) is 4.74 Å². The van der Waals surface area contributed by atoms with E-state index in [1.54, 1.807) is 6.33 Å². The number of hydrogen-bond donors (Lipinski definition) is 0. The minimum Gasteiger partial charge on any atom is -0.486 e. The second kappa shape index (κ2) is 6.39. The van der Waals surface area contributed by atoms with E-state index < -0.39 is 0 Å². The normalized spacial score (nSPS) is 11.1. The van der Waals surface area contributed by atoms with Crippen LogP contribution >= 0.6 is 15.9 Å². The van der Waals surface area contributed by atoms with Crippen LogP contribution in [0.25, 0.3) is 0 Å². The van der Waals surface area contributed by atoms with Gasteiger partial charge in [-0.1, -0.05) is 29.8 Å². The van der Waals surface area contributed by atoms with E-state index in [0.29, 0.717) is 12.5 Å². The Hall–Kier alpha value is -1.36. The average Bonchev–Trinajstić information content (AvgIpc) is 2.79. The number of hydrogen-bond acceptors (Lipinski definition) is 3. The lowest BCUT2D eigenvalue weighted by atomic mass is 10.1. The van der Waals surface area contributed by atoms with Gasteiger partial charge in [0, 0.05) is 11.0 Å². The molecule has 20 heavy (non-hydrogen) atoms. The molecule has 4 nitrogen and oxygen atoms in total. The molecule has 0 aliphatic carbocycles. The zero-order valence-electron chi connectivity index (χ0n) is 12.4. The van der Waals surface area contributed by atoms with Crippen LogP contribution in [0.3, 0.4) is 0 Å². The van der Waals surface area contributed by atoms with Crippen LogP contribution in [0.5, 0.6) is 5.75 Å². The van der Waals surface area contributed by atoms with E-state index in [2.05, 4.69) is 53.7 Å². The van der Waals surface area contributed by atoms with Crippen molar-refractivity contribution in [2.45, 2.75) is 40.8 Å². The Balaban J connectivity index is 2.07. The van der Waals surface area contributed by atoms with E-state index in [1.165, 1.54) is 11.1 Å². The van der Waals surface area contributed by atoms with Gasteiger partial charge in [-0.2, -0.15) is 5.10 Å². The summed E-state index contributed by atoms with van der Waals surface area (Å²) >= 11 is 3.56. The largest absolute Gasteiger partial charge is 0.486 e. The maximum Gasteiger partial charge on any atom is 0.164 e. The van der Waals surface area contributed by atoms with Crippen LogP contribution in [0.4, 0.5) is 0 Å². The lowest BCUT2D eigenvalue weighted by Crippen LogP contribution is -2.12. The molecule has 108 valence electrons. The number of halogens is 1. The fraction of sp³-hybridized carbons (Fsp3) is 0.467. The lowest BCUT2D eigenvalue weighted by molar-refractivity contribution is 0.282. The Morgan fingerprint density at radius 2 is 1.90 bits per heavy atom. The molecule has 0 amide bonds. The van der Waals surface area contributed by atoms with Crippen molar-refractivity contribution < 1.29 is 4.74 Å². The Labute approximate surface area is 128 Å². The molecule has 5 heteroatoms. The van der Waals surface area contributed by atoms with Crippen molar-refractivity contribution in [2.75, 3.05) is 0 Å². The molecule has 0 aliphatic rings. The van der Waals surface area contributed by atoms with Crippen LogP contribution in [0.2, 0.25) is 0 Å². The fourth-order valence-electron chi connectivity index (χ4n) is 2.04. The van der Waals surface area contributed by atoms with Crippen LogP contribution in [0.1, 0.15) is 30.8 Å². The van der Waals surface area contributed by atoms with E-state index in [9.17, 15) is 0 Å². The molecule has 0 bridgehead atoms. The molecule has 0 aliphatic heterocycles. The van der Waals surface area contributed by atoms with E-state index in [-0.39, 0.29) is 0 Å². The summed E-state index contributed by atoms with van der Waals surface area (Å²) in [4.78, 5) is 4.26. The molecule has 1 aromatic heterocycles. The number of benzene rings is 1. The van der Waals surface area contributed by atoms with Crippen molar-refractivity contribution in [3.05, 3.63) is 39.9 Å². The molecule has 0 fully saturated rings. The molecule has 0 radical (unpaired) electrons. The maximum atomic E-state index is 5.85. The Morgan fingerprint density at radius 3 is 2.50 bits per heavy atom. The van der Waals surface area contributed by atoms with Gasteiger partial charge in [0.1, 0.15) is 18.7 Å². The van der Waals surface area contributed by atoms with Crippen molar-refractivity contribution >= 4 is 15.9 Å². The average molecular weight is 338 g/mol. The van der Waals surface area contributed by atoms with Gasteiger partial charge < -0.3 is 4.74 Å². The summed E-state index contributed by atoms with van der Waals surface area (Å²) in [6, 6.07) is 4.06. The van der Waals surface area contributed by atoms with Gasteiger partial charge in [0.2, 0.25) is 0 Å². The zero-order valence-corrected chi connectivity index (χ0v) is 13.9. The molecule has 0 atom stereocenters. The highest BCUT2D eigenvalue weighted by atomic mass is 79.9. The summed E-state index contributed by atoms with van der Waals surface area (Å²) in [5.74, 6) is 2.26. The molecule has 0 spiro atoms. The molecule has 2 aromatic rings. The van der Waals surface area contributed by atoms with Crippen LogP contribution in [0.15, 0.2) is 22.9 Å². The van der Waals surface area contributed by atoms with Crippen LogP contribution in [0, 0.1) is 19.8 Å². The van der Waals surface area contributed by atoms with Crippen LogP contribution < -0.4 is 4.74 Å². The zero-order chi connectivity index (χ0) is 14.7. The van der Waals surface area contributed by atoms with Gasteiger partial charge in [0.05, 0.1) is 0 Å². The Morgan fingerprint density at radius 1 is 1.25 bits per heavy atom. The number of nitrogens with zero attached hydrogens (tertiary/aromatic N) is 3. The molecule has 1 heterocycles. The van der Waals surface area contributed by atoms with Gasteiger partial charge >= 0.3 is 0 Å². The first-order chi connectivity index (χ1) is 9.47. The molecule has 0 unspecified atom stereocenters. The number of rotatable bonds is 5. The van der Waals surface area contributed by atoms with Crippen molar-refractivity contribution in [1.29, 1.82) is 0 Å². The topological polar surface area (TPSA) is 39.9 Å². The third-order valence-corrected chi connectivity index (χ3v) is 4.26. The highest BCUT2D eigenvalue weighted by Crippen LogP contribution is 2.26. The lowest BCUT2D eigenvalue weighted by Gasteiger charge is -2.11. The van der Waals surface area contributed by atoms with Gasteiger partial charge in [-0.3, -0.25) is 0 Å². The van der Waals surface area contributed by atoms with Gasteiger partial charge in [-0.25, -0.2) is 9.67 Å². The SMILES string of the molecule is Cc1cc(OCc2ncnn2CC(C)C)cc(C)c1Br. The fourth-order valence-corrected chi connectivity index (χ4v) is 2.26. The second-order valence-corrected chi connectivity index (χ2v) is 6.20. The van der Waals surface area contributed by atoms with E-state index in [0.717, 1.165) is 22.6 Å². The number of aryl methyl sites for hydroxylation is 2. The van der Waals surface area contributed by atoms with Gasteiger partial charge in [-0.05, 0) is 43.0 Å². The molecule has 1 aromatic carbocycles.